The predicted octanol–water partition coefficient (Wildman–Crippen LogP) is 3.29. The maximum Gasteiger partial charge on any atom is 0.419 e. The number of carbonyl (C=O) groups excluding carboxylic acids is 1. The van der Waals surface area contributed by atoms with Crippen LogP contribution in [0.15, 0.2) is 30.6 Å². The van der Waals surface area contributed by atoms with Crippen LogP contribution in [0.2, 0.25) is 0 Å². The molecule has 0 unspecified atom stereocenters. The lowest BCUT2D eigenvalue weighted by molar-refractivity contribution is -0.139. The summed E-state index contributed by atoms with van der Waals surface area (Å²) in [6.45, 7) is 2.05. The number of rotatable bonds is 4. The highest BCUT2D eigenvalue weighted by molar-refractivity contribution is 6.03. The predicted molar refractivity (Wildman–Crippen MR) is 72.6 cm³/mol. The average Bonchev–Trinajstić information content (AvgIpc) is 2.48. The number of nitrogens with one attached hydrogen (secondary N) is 1. The lowest BCUT2D eigenvalue weighted by atomic mass is 10.1. The number of halogens is 4. The van der Waals surface area contributed by atoms with Crippen LogP contribution in [0.4, 0.5) is 23.2 Å². The molecular weight excluding hydrogens is 318 g/mol. The Morgan fingerprint density at radius 3 is 2.65 bits per heavy atom. The van der Waals surface area contributed by atoms with Gasteiger partial charge in [-0.15, -0.1) is 0 Å². The molecular formula is C14H11F4N3O2. The number of nitrogens with zero attached hydrogens (tertiary/aromatic N) is 2. The van der Waals surface area contributed by atoms with E-state index in [1.165, 1.54) is 6.07 Å². The van der Waals surface area contributed by atoms with Crippen molar-refractivity contribution < 1.29 is 27.1 Å². The van der Waals surface area contributed by atoms with Crippen LogP contribution in [0.5, 0.6) is 5.88 Å². The molecule has 1 N–H and O–H groups in total. The Hall–Kier alpha value is -2.71. The van der Waals surface area contributed by atoms with Gasteiger partial charge < -0.3 is 10.1 Å². The van der Waals surface area contributed by atoms with Crippen molar-refractivity contribution in [3.8, 4) is 5.88 Å². The Morgan fingerprint density at radius 2 is 2.00 bits per heavy atom. The van der Waals surface area contributed by atoms with Gasteiger partial charge in [0.05, 0.1) is 12.2 Å². The third kappa shape index (κ3) is 4.15. The second-order valence-corrected chi connectivity index (χ2v) is 4.32. The summed E-state index contributed by atoms with van der Waals surface area (Å²) >= 11 is 0. The molecule has 1 heterocycles. The molecule has 0 bridgehead atoms. The quantitative estimate of drug-likeness (QED) is 0.874. The molecule has 1 aromatic heterocycles. The zero-order chi connectivity index (χ0) is 17.0. The lowest BCUT2D eigenvalue weighted by Gasteiger charge is -2.11. The van der Waals surface area contributed by atoms with E-state index in [0.717, 1.165) is 12.4 Å². The van der Waals surface area contributed by atoms with Gasteiger partial charge >= 0.3 is 6.18 Å². The van der Waals surface area contributed by atoms with E-state index in [1.807, 2.05) is 0 Å². The summed E-state index contributed by atoms with van der Waals surface area (Å²) < 4.78 is 56.2. The van der Waals surface area contributed by atoms with E-state index in [1.54, 1.807) is 6.92 Å². The third-order valence-corrected chi connectivity index (χ3v) is 2.70. The van der Waals surface area contributed by atoms with Crippen LogP contribution < -0.4 is 10.1 Å². The molecule has 2 aromatic rings. The van der Waals surface area contributed by atoms with Gasteiger partial charge in [0.15, 0.2) is 0 Å². The van der Waals surface area contributed by atoms with Crippen molar-refractivity contribution in [1.29, 1.82) is 0 Å². The molecule has 0 aliphatic rings. The SMILES string of the molecule is CCOc1cc(C(=O)Nc2ccc(F)c(C(F)(F)F)c2)ncn1. The van der Waals surface area contributed by atoms with E-state index < -0.39 is 23.5 Å². The van der Waals surface area contributed by atoms with Gasteiger partial charge in [-0.2, -0.15) is 13.2 Å². The molecule has 122 valence electrons. The largest absolute Gasteiger partial charge is 0.478 e. The van der Waals surface area contributed by atoms with Gasteiger partial charge in [-0.05, 0) is 25.1 Å². The van der Waals surface area contributed by atoms with Crippen LogP contribution in [0.1, 0.15) is 23.0 Å². The van der Waals surface area contributed by atoms with E-state index in [4.69, 9.17) is 4.74 Å². The van der Waals surface area contributed by atoms with Gasteiger partial charge in [0.25, 0.3) is 5.91 Å². The summed E-state index contributed by atoms with van der Waals surface area (Å²) in [6, 6.07) is 3.40. The molecule has 0 spiro atoms. The van der Waals surface area contributed by atoms with Gasteiger partial charge in [-0.3, -0.25) is 4.79 Å². The van der Waals surface area contributed by atoms with Crippen molar-refractivity contribution in [3.63, 3.8) is 0 Å². The van der Waals surface area contributed by atoms with Gasteiger partial charge in [0.2, 0.25) is 5.88 Å². The van der Waals surface area contributed by atoms with Gasteiger partial charge in [0.1, 0.15) is 17.8 Å². The van der Waals surface area contributed by atoms with Crippen molar-refractivity contribution in [3.05, 3.63) is 47.7 Å². The number of benzene rings is 1. The summed E-state index contributed by atoms with van der Waals surface area (Å²) in [6.07, 6.45) is -3.77. The summed E-state index contributed by atoms with van der Waals surface area (Å²) in [5.41, 5.74) is -1.77. The fourth-order valence-electron chi connectivity index (χ4n) is 1.71. The number of aromatic nitrogens is 2. The molecule has 9 heteroatoms. The Bertz CT molecular complexity index is 719. The fourth-order valence-corrected chi connectivity index (χ4v) is 1.71. The van der Waals surface area contributed by atoms with Crippen LogP contribution in [-0.4, -0.2) is 22.5 Å². The number of hydrogen-bond donors (Lipinski definition) is 1. The highest BCUT2D eigenvalue weighted by Gasteiger charge is 2.34. The minimum absolute atomic E-state index is 0.0960. The fraction of sp³-hybridized carbons (Fsp3) is 0.214. The number of amides is 1. The van der Waals surface area contributed by atoms with Crippen LogP contribution >= 0.6 is 0 Å². The van der Waals surface area contributed by atoms with Crippen molar-refractivity contribution in [1.82, 2.24) is 9.97 Å². The van der Waals surface area contributed by atoms with Crippen LogP contribution in [0.3, 0.4) is 0 Å². The molecule has 0 atom stereocenters. The standard InChI is InChI=1S/C14H11F4N3O2/c1-2-23-12-6-11(19-7-20-12)13(22)21-8-3-4-10(15)9(5-8)14(16,17)18/h3-7H,2H2,1H3,(H,21,22). The van der Waals surface area contributed by atoms with E-state index >= 15 is 0 Å². The molecule has 5 nitrogen and oxygen atoms in total. The third-order valence-electron chi connectivity index (χ3n) is 2.70. The Kier molecular flexibility index (Phi) is 4.77. The Labute approximate surface area is 128 Å². The monoisotopic (exact) mass is 329 g/mol. The maximum absolute atomic E-state index is 13.2. The van der Waals surface area contributed by atoms with Crippen molar-refractivity contribution in [2.45, 2.75) is 13.1 Å². The molecule has 23 heavy (non-hydrogen) atoms. The molecule has 0 radical (unpaired) electrons. The first-order chi connectivity index (χ1) is 10.8. The summed E-state index contributed by atoms with van der Waals surface area (Å²) in [5.74, 6) is -2.04. The first kappa shape index (κ1) is 16.7. The average molecular weight is 329 g/mol. The van der Waals surface area contributed by atoms with Crippen LogP contribution in [0.25, 0.3) is 0 Å². The smallest absolute Gasteiger partial charge is 0.419 e. The number of anilines is 1. The van der Waals surface area contributed by atoms with Crippen LogP contribution in [0, 0.1) is 5.82 Å². The Balaban J connectivity index is 2.22. The highest BCUT2D eigenvalue weighted by atomic mass is 19.4. The lowest BCUT2D eigenvalue weighted by Crippen LogP contribution is -2.15. The normalized spacial score (nSPS) is 11.2. The van der Waals surface area contributed by atoms with E-state index in [2.05, 4.69) is 15.3 Å². The number of carbonyl (C=O) groups is 1. The first-order valence-electron chi connectivity index (χ1n) is 6.44. The van der Waals surface area contributed by atoms with E-state index in [9.17, 15) is 22.4 Å². The first-order valence-corrected chi connectivity index (χ1v) is 6.44. The van der Waals surface area contributed by atoms with Gasteiger partial charge in [-0.1, -0.05) is 0 Å². The summed E-state index contributed by atoms with van der Waals surface area (Å²) in [5, 5.41) is 2.22. The molecule has 0 fully saturated rings. The van der Waals surface area contributed by atoms with E-state index in [-0.39, 0.29) is 17.3 Å². The van der Waals surface area contributed by atoms with Gasteiger partial charge in [-0.25, -0.2) is 14.4 Å². The minimum atomic E-state index is -4.86. The van der Waals surface area contributed by atoms with Crippen molar-refractivity contribution in [2.24, 2.45) is 0 Å². The number of alkyl halides is 3. The molecule has 0 aliphatic carbocycles. The molecule has 1 aromatic carbocycles. The topological polar surface area (TPSA) is 64.1 Å². The molecule has 0 aliphatic heterocycles. The zero-order valence-corrected chi connectivity index (χ0v) is 11.8. The van der Waals surface area contributed by atoms with Crippen molar-refractivity contribution in [2.75, 3.05) is 11.9 Å². The second kappa shape index (κ2) is 6.59. The van der Waals surface area contributed by atoms with Crippen molar-refractivity contribution >= 4 is 11.6 Å². The number of hydrogen-bond acceptors (Lipinski definition) is 4. The minimum Gasteiger partial charge on any atom is -0.478 e. The molecule has 1 amide bonds. The second-order valence-electron chi connectivity index (χ2n) is 4.32. The number of ether oxygens (including phenoxy) is 1. The van der Waals surface area contributed by atoms with Gasteiger partial charge in [0, 0.05) is 11.8 Å². The molecule has 0 saturated carbocycles. The molecule has 0 saturated heterocycles. The van der Waals surface area contributed by atoms with E-state index in [0.29, 0.717) is 18.7 Å². The van der Waals surface area contributed by atoms with Crippen LogP contribution in [-0.2, 0) is 6.18 Å². The Morgan fingerprint density at radius 1 is 1.26 bits per heavy atom. The molecule has 2 rings (SSSR count). The summed E-state index contributed by atoms with van der Waals surface area (Å²) in [4.78, 5) is 19.5. The zero-order valence-electron chi connectivity index (χ0n) is 11.8. The summed E-state index contributed by atoms with van der Waals surface area (Å²) in [7, 11) is 0. The maximum atomic E-state index is 13.2. The highest BCUT2D eigenvalue weighted by Crippen LogP contribution is 2.33.